The third-order valence-corrected chi connectivity index (χ3v) is 1.26. The minimum atomic E-state index is -0.00463. The van der Waals surface area contributed by atoms with Gasteiger partial charge in [0, 0.05) is 0 Å². The number of aryl methyl sites for hydroxylation is 1. The second kappa shape index (κ2) is 2.52. The van der Waals surface area contributed by atoms with Gasteiger partial charge in [-0.3, -0.25) is 4.79 Å². The molecule has 0 aliphatic rings. The van der Waals surface area contributed by atoms with E-state index in [0.29, 0.717) is 0 Å². The van der Waals surface area contributed by atoms with Crippen LogP contribution in [0.15, 0.2) is 18.2 Å². The first-order valence-electron chi connectivity index (χ1n) is 2.92. The zero-order valence-electron chi connectivity index (χ0n) is 5.59. The molecule has 1 aromatic rings. The van der Waals surface area contributed by atoms with Gasteiger partial charge in [0.05, 0.1) is 5.56 Å². The number of hydrogen-bond donors (Lipinski definition) is 1. The molecule has 0 aromatic heterocycles. The predicted molar refractivity (Wildman–Crippen MR) is 37.6 cm³/mol. The Morgan fingerprint density at radius 1 is 1.50 bits per heavy atom. The van der Waals surface area contributed by atoms with Gasteiger partial charge in [-0.2, -0.15) is 0 Å². The van der Waals surface area contributed by atoms with Crippen molar-refractivity contribution in [2.24, 2.45) is 0 Å². The first-order chi connectivity index (χ1) is 4.74. The number of aromatic hydroxyl groups is 1. The van der Waals surface area contributed by atoms with Crippen molar-refractivity contribution < 1.29 is 9.90 Å². The average molecular weight is 135 g/mol. The lowest BCUT2D eigenvalue weighted by atomic mass is 10.1. The number of phenols is 1. The summed E-state index contributed by atoms with van der Waals surface area (Å²) < 4.78 is 0. The molecule has 0 amide bonds. The Morgan fingerprint density at radius 3 is 2.70 bits per heavy atom. The zero-order chi connectivity index (χ0) is 7.56. The standard InChI is InChI=1S/C8H7O2/c1-6-2-3-7(5-9)8(10)4-6/h2-4,10H,1H3. The van der Waals surface area contributed by atoms with Crippen LogP contribution in [-0.2, 0) is 4.79 Å². The molecule has 0 spiro atoms. The summed E-state index contributed by atoms with van der Waals surface area (Å²) in [6.45, 7) is 1.84. The van der Waals surface area contributed by atoms with Crippen molar-refractivity contribution in [1.82, 2.24) is 0 Å². The van der Waals surface area contributed by atoms with Gasteiger partial charge in [0.25, 0.3) is 0 Å². The van der Waals surface area contributed by atoms with Crippen LogP contribution in [0.4, 0.5) is 0 Å². The van der Waals surface area contributed by atoms with E-state index in [1.165, 1.54) is 12.1 Å². The molecule has 0 heterocycles. The molecule has 1 radical (unpaired) electrons. The second-order valence-corrected chi connectivity index (χ2v) is 2.12. The van der Waals surface area contributed by atoms with E-state index in [1.807, 2.05) is 6.92 Å². The topological polar surface area (TPSA) is 37.3 Å². The quantitative estimate of drug-likeness (QED) is 0.627. The van der Waals surface area contributed by atoms with E-state index in [2.05, 4.69) is 0 Å². The highest BCUT2D eigenvalue weighted by Gasteiger charge is 1.97. The highest BCUT2D eigenvalue weighted by molar-refractivity contribution is 5.79. The number of benzene rings is 1. The van der Waals surface area contributed by atoms with E-state index < -0.39 is 0 Å². The molecule has 0 aliphatic carbocycles. The largest absolute Gasteiger partial charge is 0.507 e. The summed E-state index contributed by atoms with van der Waals surface area (Å²) in [5.41, 5.74) is 1.14. The Bertz CT molecular complexity index is 253. The summed E-state index contributed by atoms with van der Waals surface area (Å²) in [5.74, 6) is -0.00463. The minimum absolute atomic E-state index is 0.00463. The number of phenolic OH excluding ortho intramolecular Hbond substituents is 1. The molecule has 1 aromatic carbocycles. The number of rotatable bonds is 1. The molecule has 10 heavy (non-hydrogen) atoms. The molecule has 1 rings (SSSR count). The maximum absolute atomic E-state index is 10.1. The minimum Gasteiger partial charge on any atom is -0.507 e. The van der Waals surface area contributed by atoms with E-state index in [4.69, 9.17) is 5.11 Å². The first kappa shape index (κ1) is 6.81. The molecule has 0 unspecified atom stereocenters. The van der Waals surface area contributed by atoms with Crippen LogP contribution in [0.3, 0.4) is 0 Å². The lowest BCUT2D eigenvalue weighted by Crippen LogP contribution is -1.81. The fourth-order valence-electron chi connectivity index (χ4n) is 0.728. The fraction of sp³-hybridized carbons (Fsp3) is 0.125. The van der Waals surface area contributed by atoms with Crippen LogP contribution in [-0.4, -0.2) is 11.4 Å². The maximum atomic E-state index is 10.1. The fourth-order valence-corrected chi connectivity index (χ4v) is 0.728. The molecule has 0 saturated carbocycles. The first-order valence-corrected chi connectivity index (χ1v) is 2.92. The molecule has 0 saturated heterocycles. The summed E-state index contributed by atoms with van der Waals surface area (Å²) in [7, 11) is 0. The average Bonchev–Trinajstić information content (AvgIpc) is 1.88. The van der Waals surface area contributed by atoms with E-state index in [0.717, 1.165) is 5.56 Å². The molecule has 0 fully saturated rings. The summed E-state index contributed by atoms with van der Waals surface area (Å²) in [6, 6.07) is 4.82. The highest BCUT2D eigenvalue weighted by atomic mass is 16.3. The number of carbonyl (C=O) groups excluding carboxylic acids is 1. The maximum Gasteiger partial charge on any atom is 0.237 e. The van der Waals surface area contributed by atoms with E-state index in [-0.39, 0.29) is 11.3 Å². The number of hydrogen-bond acceptors (Lipinski definition) is 2. The molecule has 0 bridgehead atoms. The SMILES string of the molecule is Cc1ccc([C]=O)c(O)c1. The van der Waals surface area contributed by atoms with Crippen LogP contribution in [0, 0.1) is 6.92 Å². The summed E-state index contributed by atoms with van der Waals surface area (Å²) in [4.78, 5) is 10.1. The van der Waals surface area contributed by atoms with Gasteiger partial charge in [0.1, 0.15) is 5.75 Å². The predicted octanol–water partition coefficient (Wildman–Crippen LogP) is 1.16. The van der Waals surface area contributed by atoms with Crippen molar-refractivity contribution >= 4 is 6.29 Å². The van der Waals surface area contributed by atoms with Gasteiger partial charge in [0.15, 0.2) is 0 Å². The molecule has 1 N–H and O–H groups in total. The van der Waals surface area contributed by atoms with Crippen LogP contribution in [0.5, 0.6) is 5.75 Å². The molecular weight excluding hydrogens is 128 g/mol. The Kier molecular flexibility index (Phi) is 1.71. The highest BCUT2D eigenvalue weighted by Crippen LogP contribution is 2.15. The Hall–Kier alpha value is -1.31. The van der Waals surface area contributed by atoms with Crippen molar-refractivity contribution in [1.29, 1.82) is 0 Å². The van der Waals surface area contributed by atoms with Crippen LogP contribution in [0.2, 0.25) is 0 Å². The normalized spacial score (nSPS) is 9.30. The van der Waals surface area contributed by atoms with Gasteiger partial charge in [-0.25, -0.2) is 0 Å². The van der Waals surface area contributed by atoms with Crippen LogP contribution in [0.25, 0.3) is 0 Å². The van der Waals surface area contributed by atoms with E-state index >= 15 is 0 Å². The van der Waals surface area contributed by atoms with Crippen LogP contribution < -0.4 is 0 Å². The van der Waals surface area contributed by atoms with Gasteiger partial charge in [0.2, 0.25) is 6.29 Å². The molecule has 2 heteroatoms. The Balaban J connectivity index is 3.19. The van der Waals surface area contributed by atoms with Crippen molar-refractivity contribution in [3.8, 4) is 5.75 Å². The van der Waals surface area contributed by atoms with Crippen LogP contribution in [0.1, 0.15) is 11.1 Å². The summed E-state index contributed by atoms with van der Waals surface area (Å²) >= 11 is 0. The molecular formula is C8H7O2. The molecule has 0 atom stereocenters. The van der Waals surface area contributed by atoms with Gasteiger partial charge in [-0.05, 0) is 24.6 Å². The summed E-state index contributed by atoms with van der Waals surface area (Å²) in [5, 5.41) is 9.03. The van der Waals surface area contributed by atoms with Crippen molar-refractivity contribution in [2.75, 3.05) is 0 Å². The third-order valence-electron chi connectivity index (χ3n) is 1.26. The molecule has 51 valence electrons. The van der Waals surface area contributed by atoms with Gasteiger partial charge >= 0.3 is 0 Å². The van der Waals surface area contributed by atoms with Crippen LogP contribution >= 0.6 is 0 Å². The van der Waals surface area contributed by atoms with Gasteiger partial charge in [-0.1, -0.05) is 6.07 Å². The lowest BCUT2D eigenvalue weighted by molar-refractivity contribution is 0.471. The van der Waals surface area contributed by atoms with Gasteiger partial charge in [-0.15, -0.1) is 0 Å². The van der Waals surface area contributed by atoms with Crippen molar-refractivity contribution in [2.45, 2.75) is 6.92 Å². The van der Waals surface area contributed by atoms with Gasteiger partial charge < -0.3 is 5.11 Å². The van der Waals surface area contributed by atoms with Crippen molar-refractivity contribution in [3.05, 3.63) is 29.3 Å². The lowest BCUT2D eigenvalue weighted by Gasteiger charge is -1.95. The molecule has 2 nitrogen and oxygen atoms in total. The molecule has 0 aliphatic heterocycles. The smallest absolute Gasteiger partial charge is 0.237 e. The summed E-state index contributed by atoms with van der Waals surface area (Å²) in [6.07, 6.45) is 1.62. The second-order valence-electron chi connectivity index (χ2n) is 2.12. The zero-order valence-corrected chi connectivity index (χ0v) is 5.59. The Labute approximate surface area is 59.1 Å². The van der Waals surface area contributed by atoms with E-state index in [1.54, 1.807) is 12.4 Å². The Morgan fingerprint density at radius 2 is 2.20 bits per heavy atom. The van der Waals surface area contributed by atoms with Crippen molar-refractivity contribution in [3.63, 3.8) is 0 Å². The third kappa shape index (κ3) is 1.16. The van der Waals surface area contributed by atoms with E-state index in [9.17, 15) is 4.79 Å². The monoisotopic (exact) mass is 135 g/mol.